The summed E-state index contributed by atoms with van der Waals surface area (Å²) >= 11 is 0. The number of nitrogens with zero attached hydrogens (tertiary/aromatic N) is 1. The number of rotatable bonds is 6. The van der Waals surface area contributed by atoms with E-state index in [1.165, 1.54) is 11.8 Å². The van der Waals surface area contributed by atoms with Crippen LogP contribution in [0.25, 0.3) is 0 Å². The lowest BCUT2D eigenvalue weighted by molar-refractivity contribution is -0.145. The van der Waals surface area contributed by atoms with E-state index >= 15 is 0 Å². The SMILES string of the molecule is CC(=O)NCCC(=O)N(CC(=O)O)C1CC1. The number of nitrogens with one attached hydrogen (secondary N) is 1. The van der Waals surface area contributed by atoms with Crippen molar-refractivity contribution in [2.24, 2.45) is 0 Å². The number of aliphatic carboxylic acids is 1. The van der Waals surface area contributed by atoms with Gasteiger partial charge in [-0.3, -0.25) is 14.4 Å². The van der Waals surface area contributed by atoms with Crippen molar-refractivity contribution in [3.8, 4) is 0 Å². The number of hydrogen-bond donors (Lipinski definition) is 2. The van der Waals surface area contributed by atoms with Crippen molar-refractivity contribution in [3.63, 3.8) is 0 Å². The molecular weight excluding hydrogens is 212 g/mol. The molecule has 6 heteroatoms. The highest BCUT2D eigenvalue weighted by Gasteiger charge is 2.33. The van der Waals surface area contributed by atoms with Crippen LogP contribution in [-0.4, -0.2) is 46.9 Å². The average molecular weight is 228 g/mol. The zero-order valence-corrected chi connectivity index (χ0v) is 9.23. The fourth-order valence-corrected chi connectivity index (χ4v) is 1.44. The van der Waals surface area contributed by atoms with Gasteiger partial charge in [0.25, 0.3) is 0 Å². The van der Waals surface area contributed by atoms with Crippen molar-refractivity contribution >= 4 is 17.8 Å². The Balaban J connectivity index is 2.35. The molecule has 0 aliphatic heterocycles. The van der Waals surface area contributed by atoms with E-state index in [0.717, 1.165) is 12.8 Å². The van der Waals surface area contributed by atoms with Gasteiger partial charge in [0, 0.05) is 25.9 Å². The van der Waals surface area contributed by atoms with Crippen LogP contribution in [0.3, 0.4) is 0 Å². The van der Waals surface area contributed by atoms with Crippen LogP contribution in [0.4, 0.5) is 0 Å². The second-order valence-electron chi connectivity index (χ2n) is 3.88. The number of carbonyl (C=O) groups excluding carboxylic acids is 2. The van der Waals surface area contributed by atoms with Gasteiger partial charge in [-0.1, -0.05) is 0 Å². The summed E-state index contributed by atoms with van der Waals surface area (Å²) in [6, 6.07) is 0.0842. The normalized spacial score (nSPS) is 14.3. The van der Waals surface area contributed by atoms with Gasteiger partial charge in [0.1, 0.15) is 6.54 Å². The van der Waals surface area contributed by atoms with E-state index in [2.05, 4.69) is 5.32 Å². The van der Waals surface area contributed by atoms with Crippen molar-refractivity contribution in [2.75, 3.05) is 13.1 Å². The van der Waals surface area contributed by atoms with Gasteiger partial charge >= 0.3 is 5.97 Å². The van der Waals surface area contributed by atoms with Crippen molar-refractivity contribution in [1.29, 1.82) is 0 Å². The quantitative estimate of drug-likeness (QED) is 0.647. The number of hydrogen-bond acceptors (Lipinski definition) is 3. The summed E-state index contributed by atoms with van der Waals surface area (Å²) in [5, 5.41) is 11.2. The van der Waals surface area contributed by atoms with E-state index in [9.17, 15) is 14.4 Å². The third-order valence-corrected chi connectivity index (χ3v) is 2.33. The Hall–Kier alpha value is -1.59. The Kier molecular flexibility index (Phi) is 4.28. The van der Waals surface area contributed by atoms with Crippen LogP contribution in [0.2, 0.25) is 0 Å². The van der Waals surface area contributed by atoms with Crippen LogP contribution in [-0.2, 0) is 14.4 Å². The van der Waals surface area contributed by atoms with Gasteiger partial charge in [0.2, 0.25) is 11.8 Å². The van der Waals surface area contributed by atoms with Gasteiger partial charge < -0.3 is 15.3 Å². The molecule has 6 nitrogen and oxygen atoms in total. The molecule has 1 aliphatic carbocycles. The zero-order chi connectivity index (χ0) is 12.1. The van der Waals surface area contributed by atoms with E-state index in [4.69, 9.17) is 5.11 Å². The van der Waals surface area contributed by atoms with Gasteiger partial charge in [0.05, 0.1) is 0 Å². The van der Waals surface area contributed by atoms with Gasteiger partial charge in [-0.05, 0) is 12.8 Å². The Morgan fingerprint density at radius 2 is 2.00 bits per heavy atom. The minimum absolute atomic E-state index is 0.0842. The predicted molar refractivity (Wildman–Crippen MR) is 55.7 cm³/mol. The van der Waals surface area contributed by atoms with E-state index < -0.39 is 5.97 Å². The van der Waals surface area contributed by atoms with E-state index in [1.54, 1.807) is 0 Å². The van der Waals surface area contributed by atoms with Crippen LogP contribution in [0.1, 0.15) is 26.2 Å². The fourth-order valence-electron chi connectivity index (χ4n) is 1.44. The maximum Gasteiger partial charge on any atom is 0.323 e. The monoisotopic (exact) mass is 228 g/mol. The molecule has 0 saturated heterocycles. The Morgan fingerprint density at radius 1 is 1.38 bits per heavy atom. The molecule has 2 N–H and O–H groups in total. The summed E-state index contributed by atoms with van der Waals surface area (Å²) in [5.41, 5.74) is 0. The number of carbonyl (C=O) groups is 3. The number of carboxylic acid groups (broad SMARTS) is 1. The highest BCUT2D eigenvalue weighted by atomic mass is 16.4. The van der Waals surface area contributed by atoms with Crippen LogP contribution in [0.15, 0.2) is 0 Å². The molecule has 0 unspecified atom stereocenters. The minimum atomic E-state index is -1.00. The molecule has 90 valence electrons. The molecule has 16 heavy (non-hydrogen) atoms. The average Bonchev–Trinajstić information content (AvgIpc) is 2.96. The van der Waals surface area contributed by atoms with Crippen molar-refractivity contribution in [1.82, 2.24) is 10.2 Å². The molecule has 0 atom stereocenters. The molecule has 0 aromatic carbocycles. The smallest absolute Gasteiger partial charge is 0.323 e. The lowest BCUT2D eigenvalue weighted by Gasteiger charge is -2.20. The van der Waals surface area contributed by atoms with Crippen LogP contribution >= 0.6 is 0 Å². The van der Waals surface area contributed by atoms with Crippen molar-refractivity contribution in [2.45, 2.75) is 32.2 Å². The predicted octanol–water partition coefficient (Wildman–Crippen LogP) is -0.412. The van der Waals surface area contributed by atoms with Gasteiger partial charge in [-0.2, -0.15) is 0 Å². The Morgan fingerprint density at radius 3 is 2.44 bits per heavy atom. The van der Waals surface area contributed by atoms with Crippen LogP contribution in [0.5, 0.6) is 0 Å². The molecular formula is C10H16N2O4. The van der Waals surface area contributed by atoms with Crippen LogP contribution in [0, 0.1) is 0 Å². The molecule has 0 spiro atoms. The summed E-state index contributed by atoms with van der Waals surface area (Å²) < 4.78 is 0. The first-order chi connectivity index (χ1) is 7.50. The molecule has 0 aromatic rings. The Bertz CT molecular complexity index is 299. The molecule has 2 amide bonds. The highest BCUT2D eigenvalue weighted by molar-refractivity contribution is 5.82. The molecule has 1 fully saturated rings. The summed E-state index contributed by atoms with van der Waals surface area (Å²) in [7, 11) is 0. The molecule has 0 radical (unpaired) electrons. The van der Waals surface area contributed by atoms with E-state index in [0.29, 0.717) is 0 Å². The fraction of sp³-hybridized carbons (Fsp3) is 0.700. The first kappa shape index (κ1) is 12.5. The largest absolute Gasteiger partial charge is 0.480 e. The summed E-state index contributed by atoms with van der Waals surface area (Å²) in [5.74, 6) is -1.40. The molecule has 0 bridgehead atoms. The third kappa shape index (κ3) is 4.29. The molecule has 1 saturated carbocycles. The lowest BCUT2D eigenvalue weighted by Crippen LogP contribution is -2.39. The first-order valence-electron chi connectivity index (χ1n) is 5.26. The topological polar surface area (TPSA) is 86.7 Å². The molecule has 1 rings (SSSR count). The zero-order valence-electron chi connectivity index (χ0n) is 9.23. The summed E-state index contributed by atoms with van der Waals surface area (Å²) in [4.78, 5) is 34.2. The van der Waals surface area contributed by atoms with E-state index in [-0.39, 0.29) is 37.4 Å². The van der Waals surface area contributed by atoms with Gasteiger partial charge in [-0.25, -0.2) is 0 Å². The van der Waals surface area contributed by atoms with E-state index in [1.807, 2.05) is 0 Å². The molecule has 0 heterocycles. The van der Waals surface area contributed by atoms with Crippen molar-refractivity contribution in [3.05, 3.63) is 0 Å². The summed E-state index contributed by atoms with van der Waals surface area (Å²) in [6.45, 7) is 1.39. The minimum Gasteiger partial charge on any atom is -0.480 e. The Labute approximate surface area is 93.6 Å². The molecule has 1 aliphatic rings. The maximum atomic E-state index is 11.7. The van der Waals surface area contributed by atoms with Gasteiger partial charge in [-0.15, -0.1) is 0 Å². The maximum absolute atomic E-state index is 11.7. The van der Waals surface area contributed by atoms with Crippen molar-refractivity contribution < 1.29 is 19.5 Å². The number of carboxylic acids is 1. The molecule has 0 aromatic heterocycles. The lowest BCUT2D eigenvalue weighted by atomic mass is 10.3. The third-order valence-electron chi connectivity index (χ3n) is 2.33. The standard InChI is InChI=1S/C10H16N2O4/c1-7(13)11-5-4-9(14)12(6-10(15)16)8-2-3-8/h8H,2-6H2,1H3,(H,11,13)(H,15,16). The first-order valence-corrected chi connectivity index (χ1v) is 5.26. The van der Waals surface area contributed by atoms with Gasteiger partial charge in [0.15, 0.2) is 0 Å². The van der Waals surface area contributed by atoms with Crippen LogP contribution < -0.4 is 5.32 Å². The highest BCUT2D eigenvalue weighted by Crippen LogP contribution is 2.26. The second kappa shape index (κ2) is 5.48. The summed E-state index contributed by atoms with van der Waals surface area (Å²) in [6.07, 6.45) is 1.90. The number of amides is 2. The second-order valence-corrected chi connectivity index (χ2v) is 3.88.